The molecule has 21 heavy (non-hydrogen) atoms. The molecule has 1 unspecified atom stereocenters. The molecular weight excluding hydrogens is 272 g/mol. The molecule has 2 heterocycles. The predicted octanol–water partition coefficient (Wildman–Crippen LogP) is 1.84. The summed E-state index contributed by atoms with van der Waals surface area (Å²) in [5.41, 5.74) is -0.215. The number of aliphatic carboxylic acids is 1. The molecule has 2 aliphatic heterocycles. The quantitative estimate of drug-likeness (QED) is 0.833. The molecule has 0 aromatic heterocycles. The van der Waals surface area contributed by atoms with Gasteiger partial charge in [-0.05, 0) is 45.4 Å². The molecular formula is C15H26N2O4. The minimum Gasteiger partial charge on any atom is -0.481 e. The molecule has 0 bridgehead atoms. The number of ether oxygens (including phenoxy) is 1. The Morgan fingerprint density at radius 1 is 1.38 bits per heavy atom. The first kappa shape index (κ1) is 16.1. The molecule has 0 saturated carbocycles. The third-order valence-electron chi connectivity index (χ3n) is 4.43. The molecule has 2 amide bonds. The van der Waals surface area contributed by atoms with Gasteiger partial charge in [-0.25, -0.2) is 4.79 Å². The van der Waals surface area contributed by atoms with Crippen molar-refractivity contribution in [3.63, 3.8) is 0 Å². The fourth-order valence-corrected chi connectivity index (χ4v) is 3.35. The van der Waals surface area contributed by atoms with Crippen molar-refractivity contribution in [1.29, 1.82) is 0 Å². The SMILES string of the molecule is CC(C)NC(=O)N1CCC2(CC1)CC(CC(=O)O)CCO2. The van der Waals surface area contributed by atoms with Crippen molar-refractivity contribution in [3.05, 3.63) is 0 Å². The van der Waals surface area contributed by atoms with E-state index in [0.29, 0.717) is 19.7 Å². The van der Waals surface area contributed by atoms with Crippen LogP contribution in [0.1, 0.15) is 46.0 Å². The monoisotopic (exact) mass is 298 g/mol. The van der Waals surface area contributed by atoms with E-state index in [1.165, 1.54) is 0 Å². The lowest BCUT2D eigenvalue weighted by Crippen LogP contribution is -2.53. The molecule has 120 valence electrons. The molecule has 2 saturated heterocycles. The topological polar surface area (TPSA) is 78.9 Å². The number of piperidine rings is 1. The zero-order chi connectivity index (χ0) is 15.5. The smallest absolute Gasteiger partial charge is 0.317 e. The summed E-state index contributed by atoms with van der Waals surface area (Å²) in [5.74, 6) is -0.530. The van der Waals surface area contributed by atoms with Crippen LogP contribution >= 0.6 is 0 Å². The van der Waals surface area contributed by atoms with E-state index in [2.05, 4.69) is 5.32 Å². The largest absolute Gasteiger partial charge is 0.481 e. The van der Waals surface area contributed by atoms with Gasteiger partial charge in [0, 0.05) is 32.2 Å². The second-order valence-electron chi connectivity index (χ2n) is 6.58. The number of carboxylic acid groups (broad SMARTS) is 1. The lowest BCUT2D eigenvalue weighted by atomic mass is 9.78. The number of urea groups is 1. The van der Waals surface area contributed by atoms with E-state index in [1.807, 2.05) is 18.7 Å². The Labute approximate surface area is 125 Å². The molecule has 2 N–H and O–H groups in total. The number of likely N-dealkylation sites (tertiary alicyclic amines) is 1. The Bertz CT molecular complexity index is 389. The first-order valence-electron chi connectivity index (χ1n) is 7.81. The molecule has 0 aromatic rings. The lowest BCUT2D eigenvalue weighted by molar-refractivity contribution is -0.145. The third-order valence-corrected chi connectivity index (χ3v) is 4.43. The highest BCUT2D eigenvalue weighted by molar-refractivity contribution is 5.74. The van der Waals surface area contributed by atoms with Crippen LogP contribution in [0.25, 0.3) is 0 Å². The van der Waals surface area contributed by atoms with Gasteiger partial charge < -0.3 is 20.1 Å². The third kappa shape index (κ3) is 4.33. The summed E-state index contributed by atoms with van der Waals surface area (Å²) in [6.45, 7) is 5.89. The van der Waals surface area contributed by atoms with E-state index in [4.69, 9.17) is 9.84 Å². The molecule has 0 aliphatic carbocycles. The van der Waals surface area contributed by atoms with Crippen molar-refractivity contribution in [3.8, 4) is 0 Å². The van der Waals surface area contributed by atoms with Crippen LogP contribution in [0, 0.1) is 5.92 Å². The van der Waals surface area contributed by atoms with Crippen LogP contribution in [0.3, 0.4) is 0 Å². The van der Waals surface area contributed by atoms with Crippen molar-refractivity contribution in [1.82, 2.24) is 10.2 Å². The summed E-state index contributed by atoms with van der Waals surface area (Å²) in [4.78, 5) is 24.7. The minimum absolute atomic E-state index is 0.0160. The summed E-state index contributed by atoms with van der Waals surface area (Å²) in [6, 6.07) is 0.122. The van der Waals surface area contributed by atoms with Gasteiger partial charge in [-0.15, -0.1) is 0 Å². The standard InChI is InChI=1S/C15H26N2O4/c1-11(2)16-14(20)17-6-4-15(5-7-17)10-12(3-8-21-15)9-13(18)19/h11-12H,3-10H2,1-2H3,(H,16,20)(H,18,19). The fraction of sp³-hybridized carbons (Fsp3) is 0.867. The Morgan fingerprint density at radius 2 is 2.05 bits per heavy atom. The summed E-state index contributed by atoms with van der Waals surface area (Å²) < 4.78 is 5.98. The average molecular weight is 298 g/mol. The maximum absolute atomic E-state index is 12.0. The van der Waals surface area contributed by atoms with E-state index < -0.39 is 5.97 Å². The maximum Gasteiger partial charge on any atom is 0.317 e. The number of rotatable bonds is 3. The Morgan fingerprint density at radius 3 is 2.62 bits per heavy atom. The van der Waals surface area contributed by atoms with Gasteiger partial charge in [-0.1, -0.05) is 0 Å². The molecule has 6 nitrogen and oxygen atoms in total. The van der Waals surface area contributed by atoms with Gasteiger partial charge in [0.1, 0.15) is 0 Å². The van der Waals surface area contributed by atoms with Gasteiger partial charge in [0.15, 0.2) is 0 Å². The molecule has 6 heteroatoms. The first-order valence-corrected chi connectivity index (χ1v) is 7.81. The van der Waals surface area contributed by atoms with Crippen LogP contribution in [-0.4, -0.2) is 53.3 Å². The number of nitrogens with one attached hydrogen (secondary N) is 1. The maximum atomic E-state index is 12.0. The van der Waals surface area contributed by atoms with Crippen LogP contribution in [0.2, 0.25) is 0 Å². The van der Waals surface area contributed by atoms with Gasteiger partial charge >= 0.3 is 12.0 Å². The Hall–Kier alpha value is -1.30. The average Bonchev–Trinajstić information content (AvgIpc) is 2.38. The number of amides is 2. The van der Waals surface area contributed by atoms with E-state index in [9.17, 15) is 9.59 Å². The van der Waals surface area contributed by atoms with Gasteiger partial charge in [-0.3, -0.25) is 4.79 Å². The highest BCUT2D eigenvalue weighted by Gasteiger charge is 2.41. The predicted molar refractivity (Wildman–Crippen MR) is 78.1 cm³/mol. The lowest BCUT2D eigenvalue weighted by Gasteiger charge is -2.46. The normalized spacial score (nSPS) is 25.1. The van der Waals surface area contributed by atoms with Crippen molar-refractivity contribution < 1.29 is 19.4 Å². The van der Waals surface area contributed by atoms with E-state index >= 15 is 0 Å². The van der Waals surface area contributed by atoms with Crippen LogP contribution in [0.5, 0.6) is 0 Å². The molecule has 1 spiro atoms. The molecule has 0 aromatic carbocycles. The number of carbonyl (C=O) groups excluding carboxylic acids is 1. The summed E-state index contributed by atoms with van der Waals surface area (Å²) in [7, 11) is 0. The summed E-state index contributed by atoms with van der Waals surface area (Å²) in [5, 5.41) is 11.9. The van der Waals surface area contributed by atoms with Crippen LogP contribution < -0.4 is 5.32 Å². The van der Waals surface area contributed by atoms with Crippen LogP contribution in [0.15, 0.2) is 0 Å². The summed E-state index contributed by atoms with van der Waals surface area (Å²) in [6.07, 6.45) is 3.45. The van der Waals surface area contributed by atoms with Crippen molar-refractivity contribution in [2.75, 3.05) is 19.7 Å². The zero-order valence-electron chi connectivity index (χ0n) is 12.9. The van der Waals surface area contributed by atoms with Gasteiger partial charge in [0.2, 0.25) is 0 Å². The molecule has 0 radical (unpaired) electrons. The van der Waals surface area contributed by atoms with Crippen molar-refractivity contribution >= 4 is 12.0 Å². The van der Waals surface area contributed by atoms with Gasteiger partial charge in [0.05, 0.1) is 5.60 Å². The Kier molecular flexibility index (Phi) is 5.08. The molecule has 2 fully saturated rings. The van der Waals surface area contributed by atoms with Crippen molar-refractivity contribution in [2.45, 2.75) is 57.6 Å². The van der Waals surface area contributed by atoms with E-state index in [0.717, 1.165) is 25.7 Å². The van der Waals surface area contributed by atoms with Gasteiger partial charge in [-0.2, -0.15) is 0 Å². The highest BCUT2D eigenvalue weighted by Crippen LogP contribution is 2.38. The Balaban J connectivity index is 1.87. The second kappa shape index (κ2) is 6.64. The number of carboxylic acids is 1. The summed E-state index contributed by atoms with van der Waals surface area (Å²) >= 11 is 0. The number of carbonyl (C=O) groups is 2. The van der Waals surface area contributed by atoms with Crippen LogP contribution in [0.4, 0.5) is 4.79 Å². The van der Waals surface area contributed by atoms with Crippen molar-refractivity contribution in [2.24, 2.45) is 5.92 Å². The number of hydrogen-bond donors (Lipinski definition) is 2. The molecule has 2 rings (SSSR count). The fourth-order valence-electron chi connectivity index (χ4n) is 3.35. The van der Waals surface area contributed by atoms with Crippen LogP contribution in [-0.2, 0) is 9.53 Å². The number of hydrogen-bond acceptors (Lipinski definition) is 3. The molecule has 2 aliphatic rings. The second-order valence-corrected chi connectivity index (χ2v) is 6.58. The van der Waals surface area contributed by atoms with Gasteiger partial charge in [0.25, 0.3) is 0 Å². The zero-order valence-corrected chi connectivity index (χ0v) is 12.9. The van der Waals surface area contributed by atoms with E-state index in [-0.39, 0.29) is 30.0 Å². The highest BCUT2D eigenvalue weighted by atomic mass is 16.5. The minimum atomic E-state index is -0.731. The van der Waals surface area contributed by atoms with E-state index in [1.54, 1.807) is 0 Å². The number of nitrogens with zero attached hydrogens (tertiary/aromatic N) is 1. The molecule has 1 atom stereocenters. The first-order chi connectivity index (χ1) is 9.90.